The summed E-state index contributed by atoms with van der Waals surface area (Å²) in [5, 5.41) is 0. The third-order valence-corrected chi connectivity index (χ3v) is 4.85. The molecule has 0 aliphatic rings. The van der Waals surface area contributed by atoms with Gasteiger partial charge in [-0.25, -0.2) is 12.7 Å². The van der Waals surface area contributed by atoms with Crippen LogP contribution in [0.1, 0.15) is 24.8 Å². The van der Waals surface area contributed by atoms with Crippen LogP contribution in [-0.2, 0) is 14.8 Å². The van der Waals surface area contributed by atoms with E-state index in [1.807, 2.05) is 6.92 Å². The predicted molar refractivity (Wildman–Crippen MR) is 83.6 cm³/mol. The highest BCUT2D eigenvalue weighted by atomic mass is 32.2. The number of carbonyl (C=O) groups excluding carboxylic acids is 1. The smallest absolute Gasteiger partial charge is 0.242 e. The van der Waals surface area contributed by atoms with E-state index in [0.29, 0.717) is 30.7 Å². The Morgan fingerprint density at radius 2 is 1.71 bits per heavy atom. The fourth-order valence-electron chi connectivity index (χ4n) is 1.66. The summed E-state index contributed by atoms with van der Waals surface area (Å²) >= 11 is 0. The third-order valence-electron chi connectivity index (χ3n) is 2.98. The van der Waals surface area contributed by atoms with Gasteiger partial charge in [0.25, 0.3) is 0 Å². The zero-order valence-corrected chi connectivity index (χ0v) is 13.3. The number of carbonyl (C=O) groups is 1. The number of benzene rings is 1. The highest BCUT2D eigenvalue weighted by Crippen LogP contribution is 2.15. The van der Waals surface area contributed by atoms with Gasteiger partial charge >= 0.3 is 0 Å². The molecule has 0 saturated carbocycles. The molecule has 21 heavy (non-hydrogen) atoms. The van der Waals surface area contributed by atoms with Gasteiger partial charge in [0.1, 0.15) is 6.29 Å². The van der Waals surface area contributed by atoms with Crippen LogP contribution in [0.15, 0.2) is 47.0 Å². The van der Waals surface area contributed by atoms with Crippen LogP contribution in [0.4, 0.5) is 0 Å². The molecule has 1 rings (SSSR count). The molecule has 0 N–H and O–H groups in total. The normalized spacial score (nSPS) is 11.0. The highest BCUT2D eigenvalue weighted by molar-refractivity contribution is 7.89. The first kappa shape index (κ1) is 17.4. The molecule has 0 bridgehead atoms. The summed E-state index contributed by atoms with van der Waals surface area (Å²) in [5.74, 6) is 0. The summed E-state index contributed by atoms with van der Waals surface area (Å²) in [4.78, 5) is 10.4. The Labute approximate surface area is 126 Å². The van der Waals surface area contributed by atoms with Gasteiger partial charge in [0.05, 0.1) is 4.90 Å². The molecule has 5 heteroatoms. The fourth-order valence-corrected chi connectivity index (χ4v) is 2.84. The van der Waals surface area contributed by atoms with Crippen molar-refractivity contribution in [1.29, 1.82) is 0 Å². The van der Waals surface area contributed by atoms with Crippen LogP contribution in [-0.4, -0.2) is 32.6 Å². The van der Waals surface area contributed by atoms with Crippen LogP contribution in [0.5, 0.6) is 0 Å². The van der Waals surface area contributed by atoms with Gasteiger partial charge in [0.2, 0.25) is 10.0 Å². The number of nitrogens with zero attached hydrogens (tertiary/aromatic N) is 1. The van der Waals surface area contributed by atoms with Crippen LogP contribution in [0.2, 0.25) is 0 Å². The van der Waals surface area contributed by atoms with E-state index in [9.17, 15) is 13.2 Å². The van der Waals surface area contributed by atoms with Gasteiger partial charge < -0.3 is 4.79 Å². The molecular weight excluding hydrogens is 286 g/mol. The van der Waals surface area contributed by atoms with Gasteiger partial charge in [-0.15, -0.1) is 5.73 Å². The number of aryl methyl sites for hydroxylation is 1. The van der Waals surface area contributed by atoms with Gasteiger partial charge in [-0.1, -0.05) is 17.7 Å². The van der Waals surface area contributed by atoms with Crippen molar-refractivity contribution in [2.75, 3.05) is 13.6 Å². The van der Waals surface area contributed by atoms with Crippen LogP contribution < -0.4 is 0 Å². The molecule has 0 radical (unpaired) electrons. The molecule has 0 spiro atoms. The second kappa shape index (κ2) is 8.57. The second-order valence-corrected chi connectivity index (χ2v) is 6.79. The molecule has 0 fully saturated rings. The molecule has 0 aliphatic carbocycles. The van der Waals surface area contributed by atoms with Gasteiger partial charge in [-0.05, 0) is 44.1 Å². The van der Waals surface area contributed by atoms with Crippen molar-refractivity contribution in [2.24, 2.45) is 0 Å². The van der Waals surface area contributed by atoms with Crippen molar-refractivity contribution in [1.82, 2.24) is 4.31 Å². The summed E-state index contributed by atoms with van der Waals surface area (Å²) in [5.41, 5.74) is 3.97. The Morgan fingerprint density at radius 1 is 1.10 bits per heavy atom. The lowest BCUT2D eigenvalue weighted by atomic mass is 10.2. The zero-order chi connectivity index (χ0) is 15.7. The summed E-state index contributed by atoms with van der Waals surface area (Å²) in [7, 11) is -1.86. The topological polar surface area (TPSA) is 54.5 Å². The van der Waals surface area contributed by atoms with E-state index in [-0.39, 0.29) is 0 Å². The van der Waals surface area contributed by atoms with Crippen molar-refractivity contribution in [3.8, 4) is 0 Å². The minimum atomic E-state index is -3.43. The Hall–Kier alpha value is -1.68. The molecule has 0 aromatic heterocycles. The maximum absolute atomic E-state index is 12.3. The van der Waals surface area contributed by atoms with E-state index >= 15 is 0 Å². The highest BCUT2D eigenvalue weighted by Gasteiger charge is 2.19. The molecule has 1 aromatic carbocycles. The lowest BCUT2D eigenvalue weighted by Gasteiger charge is -2.16. The van der Waals surface area contributed by atoms with Crippen LogP contribution in [0.25, 0.3) is 0 Å². The van der Waals surface area contributed by atoms with Gasteiger partial charge in [-0.2, -0.15) is 0 Å². The zero-order valence-electron chi connectivity index (χ0n) is 12.5. The van der Waals surface area contributed by atoms with Crippen molar-refractivity contribution >= 4 is 16.3 Å². The first-order valence-electron chi connectivity index (χ1n) is 6.84. The molecule has 0 unspecified atom stereocenters. The van der Waals surface area contributed by atoms with Crippen molar-refractivity contribution in [3.63, 3.8) is 0 Å². The van der Waals surface area contributed by atoms with Crippen molar-refractivity contribution in [2.45, 2.75) is 31.1 Å². The molecule has 0 saturated heterocycles. The molecule has 4 nitrogen and oxygen atoms in total. The standard InChI is InChI=1S/C16H21NO3S/c1-15-9-11-16(12-10-15)21(19,20)17(2)13-7-5-3-4-6-8-14-18/h4-5,9-12,14H,6-8,13H2,1-2H3. The summed E-state index contributed by atoms with van der Waals surface area (Å²) < 4.78 is 25.9. The van der Waals surface area contributed by atoms with E-state index in [2.05, 4.69) is 5.73 Å². The lowest BCUT2D eigenvalue weighted by Crippen LogP contribution is -2.27. The number of unbranched alkanes of at least 4 members (excludes halogenated alkanes) is 1. The Balaban J connectivity index is 2.58. The monoisotopic (exact) mass is 307 g/mol. The maximum atomic E-state index is 12.3. The molecule has 0 aliphatic heterocycles. The first-order valence-corrected chi connectivity index (χ1v) is 8.28. The van der Waals surface area contributed by atoms with Gasteiger partial charge in [-0.3, -0.25) is 0 Å². The third kappa shape index (κ3) is 5.68. The Bertz CT molecular complexity index is 611. The largest absolute Gasteiger partial charge is 0.303 e. The van der Waals surface area contributed by atoms with Crippen LogP contribution >= 0.6 is 0 Å². The predicted octanol–water partition coefficient (Wildman–Crippen LogP) is 2.70. The quantitative estimate of drug-likeness (QED) is 0.421. The second-order valence-electron chi connectivity index (χ2n) is 4.75. The van der Waals surface area contributed by atoms with Crippen molar-refractivity contribution < 1.29 is 13.2 Å². The maximum Gasteiger partial charge on any atom is 0.242 e. The minimum absolute atomic E-state index is 0.307. The number of sulfonamides is 1. The summed E-state index contributed by atoms with van der Waals surface area (Å²) in [6, 6.07) is 6.82. The number of hydrogen-bond donors (Lipinski definition) is 0. The van der Waals surface area contributed by atoms with E-state index in [4.69, 9.17) is 0 Å². The molecule has 1 aromatic rings. The Morgan fingerprint density at radius 3 is 2.33 bits per heavy atom. The lowest BCUT2D eigenvalue weighted by molar-refractivity contribution is -0.107. The van der Waals surface area contributed by atoms with Gasteiger partial charge in [0, 0.05) is 20.0 Å². The molecule has 114 valence electrons. The SMILES string of the molecule is Cc1ccc(S(=O)(=O)N(C)CCC=C=CCCC=O)cc1. The molecule has 0 heterocycles. The van der Waals surface area contributed by atoms with Crippen LogP contribution in [0.3, 0.4) is 0 Å². The molecule has 0 amide bonds. The molecule has 0 atom stereocenters. The van der Waals surface area contributed by atoms with Crippen LogP contribution in [0, 0.1) is 6.92 Å². The Kier molecular flexibility index (Phi) is 7.09. The summed E-state index contributed by atoms with van der Waals surface area (Å²) in [6.45, 7) is 2.31. The van der Waals surface area contributed by atoms with E-state index < -0.39 is 10.0 Å². The fraction of sp³-hybridized carbons (Fsp3) is 0.375. The van der Waals surface area contributed by atoms with Gasteiger partial charge in [0.15, 0.2) is 0 Å². The number of aldehydes is 1. The van der Waals surface area contributed by atoms with Crippen molar-refractivity contribution in [3.05, 3.63) is 47.7 Å². The molecular formula is C16H21NO3S. The number of rotatable bonds is 8. The van der Waals surface area contributed by atoms with E-state index in [1.165, 1.54) is 4.31 Å². The first-order chi connectivity index (χ1) is 9.98. The average Bonchev–Trinajstić information content (AvgIpc) is 2.46. The summed E-state index contributed by atoms with van der Waals surface area (Å²) in [6.07, 6.45) is 6.16. The van der Waals surface area contributed by atoms with E-state index in [0.717, 1.165) is 11.8 Å². The average molecular weight is 307 g/mol. The number of hydrogen-bond acceptors (Lipinski definition) is 3. The van der Waals surface area contributed by atoms with E-state index in [1.54, 1.807) is 43.5 Å². The minimum Gasteiger partial charge on any atom is -0.303 e.